The SMILES string of the molecule is COc1ccc(C)cc1NC(=O)C(C)On1nnc2ccc(Cl)cc21. The Labute approximate surface area is 149 Å². The second kappa shape index (κ2) is 6.98. The van der Waals surface area contributed by atoms with E-state index in [1.165, 1.54) is 4.85 Å². The van der Waals surface area contributed by atoms with Gasteiger partial charge < -0.3 is 14.9 Å². The first-order valence-electron chi connectivity index (χ1n) is 7.61. The second-order valence-corrected chi connectivity index (χ2v) is 5.97. The molecule has 0 aliphatic rings. The first kappa shape index (κ1) is 17.0. The van der Waals surface area contributed by atoms with Crippen LogP contribution in [0.5, 0.6) is 5.75 Å². The summed E-state index contributed by atoms with van der Waals surface area (Å²) in [5, 5.41) is 11.2. The highest BCUT2D eigenvalue weighted by atomic mass is 35.5. The van der Waals surface area contributed by atoms with Gasteiger partial charge in [0.15, 0.2) is 0 Å². The molecule has 1 N–H and O–H groups in total. The number of hydrogen-bond donors (Lipinski definition) is 1. The number of halogens is 1. The van der Waals surface area contributed by atoms with Gasteiger partial charge in [-0.3, -0.25) is 4.79 Å². The number of ether oxygens (including phenoxy) is 1. The maximum absolute atomic E-state index is 12.4. The van der Waals surface area contributed by atoms with Gasteiger partial charge in [0.05, 0.1) is 12.8 Å². The van der Waals surface area contributed by atoms with Gasteiger partial charge in [-0.1, -0.05) is 22.5 Å². The molecular formula is C17H17ClN4O3. The van der Waals surface area contributed by atoms with E-state index >= 15 is 0 Å². The maximum atomic E-state index is 12.4. The van der Waals surface area contributed by atoms with Crippen molar-refractivity contribution in [2.24, 2.45) is 0 Å². The Balaban J connectivity index is 1.76. The minimum absolute atomic E-state index is 0.338. The number of amides is 1. The van der Waals surface area contributed by atoms with Gasteiger partial charge in [-0.05, 0) is 55.0 Å². The zero-order valence-corrected chi connectivity index (χ0v) is 14.7. The Bertz CT molecular complexity index is 925. The van der Waals surface area contributed by atoms with Crippen LogP contribution >= 0.6 is 11.6 Å². The van der Waals surface area contributed by atoms with Gasteiger partial charge in [0.2, 0.25) is 6.10 Å². The van der Waals surface area contributed by atoms with Crippen LogP contribution in [0.4, 0.5) is 5.69 Å². The van der Waals surface area contributed by atoms with Crippen molar-refractivity contribution in [3.05, 3.63) is 47.0 Å². The highest BCUT2D eigenvalue weighted by Gasteiger charge is 2.19. The summed E-state index contributed by atoms with van der Waals surface area (Å²) in [4.78, 5) is 19.2. The molecule has 25 heavy (non-hydrogen) atoms. The molecule has 3 rings (SSSR count). The van der Waals surface area contributed by atoms with Crippen LogP contribution < -0.4 is 14.9 Å². The molecule has 3 aromatic rings. The number of rotatable bonds is 5. The summed E-state index contributed by atoms with van der Waals surface area (Å²) in [6.45, 7) is 3.55. The zero-order chi connectivity index (χ0) is 18.0. The van der Waals surface area contributed by atoms with Crippen LogP contribution in [-0.2, 0) is 4.79 Å². The standard InChI is InChI=1S/C17H17ClN4O3/c1-10-4-7-16(24-3)14(8-10)19-17(23)11(2)25-22-15-9-12(18)5-6-13(15)20-21-22/h4-9,11H,1-3H3,(H,19,23). The molecule has 1 heterocycles. The van der Waals surface area contributed by atoms with Gasteiger partial charge in [0.25, 0.3) is 5.91 Å². The molecule has 0 spiro atoms. The number of aryl methyl sites for hydroxylation is 1. The van der Waals surface area contributed by atoms with Crippen LogP contribution in [0.3, 0.4) is 0 Å². The van der Waals surface area contributed by atoms with Gasteiger partial charge in [-0.15, -0.1) is 5.10 Å². The monoisotopic (exact) mass is 360 g/mol. The lowest BCUT2D eigenvalue weighted by atomic mass is 10.2. The molecule has 8 heteroatoms. The van der Waals surface area contributed by atoms with Crippen LogP contribution in [-0.4, -0.2) is 34.3 Å². The number of anilines is 1. The van der Waals surface area contributed by atoms with Gasteiger partial charge >= 0.3 is 0 Å². The normalized spacial score (nSPS) is 12.0. The highest BCUT2D eigenvalue weighted by molar-refractivity contribution is 6.31. The quantitative estimate of drug-likeness (QED) is 0.757. The number of carbonyl (C=O) groups excluding carboxylic acids is 1. The molecule has 0 fully saturated rings. The van der Waals surface area contributed by atoms with Crippen LogP contribution in [0.1, 0.15) is 12.5 Å². The predicted molar refractivity (Wildman–Crippen MR) is 94.9 cm³/mol. The summed E-state index contributed by atoms with van der Waals surface area (Å²) in [6, 6.07) is 10.6. The summed E-state index contributed by atoms with van der Waals surface area (Å²) >= 11 is 5.98. The molecule has 1 amide bonds. The van der Waals surface area contributed by atoms with E-state index in [-0.39, 0.29) is 5.91 Å². The Morgan fingerprint density at radius 3 is 2.84 bits per heavy atom. The average Bonchev–Trinajstić information content (AvgIpc) is 2.97. The lowest BCUT2D eigenvalue weighted by Crippen LogP contribution is -2.35. The van der Waals surface area contributed by atoms with E-state index < -0.39 is 6.10 Å². The summed E-state index contributed by atoms with van der Waals surface area (Å²) in [6.07, 6.45) is -0.811. The van der Waals surface area contributed by atoms with Gasteiger partial charge in [0, 0.05) is 5.02 Å². The van der Waals surface area contributed by atoms with Gasteiger partial charge in [0.1, 0.15) is 16.8 Å². The van der Waals surface area contributed by atoms with E-state index in [1.807, 2.05) is 19.1 Å². The van der Waals surface area contributed by atoms with Crippen molar-refractivity contribution in [1.82, 2.24) is 15.2 Å². The summed E-state index contributed by atoms with van der Waals surface area (Å²) < 4.78 is 5.26. The van der Waals surface area contributed by atoms with Crippen LogP contribution in [0.15, 0.2) is 36.4 Å². The molecule has 0 aliphatic heterocycles. The number of methoxy groups -OCH3 is 1. The fraction of sp³-hybridized carbons (Fsp3) is 0.235. The van der Waals surface area contributed by atoms with E-state index in [0.29, 0.717) is 27.5 Å². The summed E-state index contributed by atoms with van der Waals surface area (Å²) in [5.41, 5.74) is 2.79. The van der Waals surface area contributed by atoms with E-state index in [0.717, 1.165) is 5.56 Å². The van der Waals surface area contributed by atoms with Crippen LogP contribution in [0.25, 0.3) is 11.0 Å². The third-order valence-electron chi connectivity index (χ3n) is 3.62. The fourth-order valence-electron chi connectivity index (χ4n) is 2.30. The Kier molecular flexibility index (Phi) is 4.76. The number of carbonyl (C=O) groups is 1. The first-order valence-corrected chi connectivity index (χ1v) is 7.99. The molecule has 0 saturated heterocycles. The molecule has 0 radical (unpaired) electrons. The molecule has 1 unspecified atom stereocenters. The van der Waals surface area contributed by atoms with E-state index in [9.17, 15) is 4.79 Å². The van der Waals surface area contributed by atoms with Gasteiger partial charge in [-0.25, -0.2) is 0 Å². The fourth-order valence-corrected chi connectivity index (χ4v) is 2.47. The second-order valence-electron chi connectivity index (χ2n) is 5.54. The topological polar surface area (TPSA) is 78.3 Å². The lowest BCUT2D eigenvalue weighted by Gasteiger charge is -2.15. The van der Waals surface area contributed by atoms with Crippen molar-refractivity contribution in [2.45, 2.75) is 20.0 Å². The Morgan fingerprint density at radius 2 is 2.08 bits per heavy atom. The highest BCUT2D eigenvalue weighted by Crippen LogP contribution is 2.25. The van der Waals surface area contributed by atoms with Crippen molar-refractivity contribution < 1.29 is 14.4 Å². The zero-order valence-electron chi connectivity index (χ0n) is 14.0. The van der Waals surface area contributed by atoms with E-state index in [4.69, 9.17) is 21.2 Å². The number of nitrogens with one attached hydrogen (secondary N) is 1. The molecule has 0 aliphatic carbocycles. The number of aromatic nitrogens is 3. The van der Waals surface area contributed by atoms with Gasteiger partial charge in [-0.2, -0.15) is 0 Å². The Hall–Kier alpha value is -2.80. The molecule has 1 aromatic heterocycles. The predicted octanol–water partition coefficient (Wildman–Crippen LogP) is 2.86. The van der Waals surface area contributed by atoms with Crippen LogP contribution in [0.2, 0.25) is 5.02 Å². The largest absolute Gasteiger partial charge is 0.495 e. The average molecular weight is 361 g/mol. The summed E-state index contributed by atoms with van der Waals surface area (Å²) in [7, 11) is 1.55. The number of hydrogen-bond acceptors (Lipinski definition) is 5. The summed E-state index contributed by atoms with van der Waals surface area (Å²) in [5.74, 6) is 0.235. The molecule has 0 bridgehead atoms. The molecule has 0 saturated carbocycles. The third kappa shape index (κ3) is 3.66. The van der Waals surface area contributed by atoms with Crippen molar-refractivity contribution in [3.63, 3.8) is 0 Å². The first-order chi connectivity index (χ1) is 12.0. The minimum atomic E-state index is -0.811. The number of fused-ring (bicyclic) bond motifs is 1. The van der Waals surface area contributed by atoms with Crippen molar-refractivity contribution in [1.29, 1.82) is 0 Å². The van der Waals surface area contributed by atoms with Crippen molar-refractivity contribution in [2.75, 3.05) is 12.4 Å². The smallest absolute Gasteiger partial charge is 0.268 e. The molecule has 1 atom stereocenters. The molecular weight excluding hydrogens is 344 g/mol. The number of benzene rings is 2. The van der Waals surface area contributed by atoms with Crippen molar-refractivity contribution >= 4 is 34.2 Å². The minimum Gasteiger partial charge on any atom is -0.495 e. The van der Waals surface area contributed by atoms with E-state index in [1.54, 1.807) is 38.3 Å². The molecule has 130 valence electrons. The molecule has 7 nitrogen and oxygen atoms in total. The molecule has 2 aromatic carbocycles. The lowest BCUT2D eigenvalue weighted by molar-refractivity contribution is -0.127. The van der Waals surface area contributed by atoms with Crippen molar-refractivity contribution in [3.8, 4) is 5.75 Å². The van der Waals surface area contributed by atoms with E-state index in [2.05, 4.69) is 15.6 Å². The number of nitrogens with zero attached hydrogens (tertiary/aromatic N) is 3. The third-order valence-corrected chi connectivity index (χ3v) is 3.85. The van der Waals surface area contributed by atoms with Crippen LogP contribution in [0, 0.1) is 6.92 Å². The maximum Gasteiger partial charge on any atom is 0.268 e. The Morgan fingerprint density at radius 1 is 1.28 bits per heavy atom.